The zero-order valence-electron chi connectivity index (χ0n) is 14.1. The molecule has 0 radical (unpaired) electrons. The van der Waals surface area contributed by atoms with Crippen LogP contribution in [-0.2, 0) is 11.3 Å². The number of hydrogen-bond donors (Lipinski definition) is 1. The molecule has 2 heterocycles. The van der Waals surface area contributed by atoms with Crippen LogP contribution in [0.5, 0.6) is 0 Å². The smallest absolute Gasteiger partial charge is 0.410 e. The Bertz CT molecular complexity index is 468. The third-order valence-electron chi connectivity index (χ3n) is 3.87. The molecule has 1 N–H and O–H groups in total. The molecule has 1 saturated heterocycles. The number of nitrogens with zero attached hydrogens (tertiary/aromatic N) is 1. The summed E-state index contributed by atoms with van der Waals surface area (Å²) < 4.78 is 5.52. The third kappa shape index (κ3) is 5.29. The zero-order chi connectivity index (χ0) is 16.2. The summed E-state index contributed by atoms with van der Waals surface area (Å²) in [6.07, 6.45) is 2.95. The first-order chi connectivity index (χ1) is 10.3. The number of carbonyl (C=O) groups excluding carboxylic acids is 1. The van der Waals surface area contributed by atoms with E-state index in [1.807, 2.05) is 25.7 Å². The molecule has 1 aliphatic heterocycles. The molecule has 0 spiro atoms. The van der Waals surface area contributed by atoms with Gasteiger partial charge in [0.05, 0.1) is 0 Å². The molecule has 1 amide bonds. The van der Waals surface area contributed by atoms with Gasteiger partial charge in [-0.1, -0.05) is 0 Å². The van der Waals surface area contributed by atoms with Gasteiger partial charge in [0.2, 0.25) is 0 Å². The predicted molar refractivity (Wildman–Crippen MR) is 91.2 cm³/mol. The fourth-order valence-corrected chi connectivity index (χ4v) is 3.49. The maximum absolute atomic E-state index is 12.3. The van der Waals surface area contributed by atoms with E-state index in [-0.39, 0.29) is 6.09 Å². The third-order valence-corrected chi connectivity index (χ3v) is 4.60. The van der Waals surface area contributed by atoms with E-state index < -0.39 is 5.60 Å². The highest BCUT2D eigenvalue weighted by atomic mass is 32.1. The van der Waals surface area contributed by atoms with Crippen molar-refractivity contribution in [3.05, 3.63) is 22.4 Å². The summed E-state index contributed by atoms with van der Waals surface area (Å²) in [5.74, 6) is 0. The number of rotatable bonds is 5. The molecular formula is C17H28N2O2S. The highest BCUT2D eigenvalue weighted by molar-refractivity contribution is 7.07. The average molecular weight is 324 g/mol. The molecule has 0 aromatic carbocycles. The molecule has 1 fully saturated rings. The minimum absolute atomic E-state index is 0.167. The fraction of sp³-hybridized carbons (Fsp3) is 0.706. The van der Waals surface area contributed by atoms with Crippen LogP contribution in [0.3, 0.4) is 0 Å². The predicted octanol–water partition coefficient (Wildman–Crippen LogP) is 4.02. The lowest BCUT2D eigenvalue weighted by Gasteiger charge is -2.30. The maximum atomic E-state index is 12.3. The van der Waals surface area contributed by atoms with E-state index in [9.17, 15) is 4.79 Å². The van der Waals surface area contributed by atoms with E-state index in [1.54, 1.807) is 11.3 Å². The quantitative estimate of drug-likeness (QED) is 0.889. The monoisotopic (exact) mass is 324 g/mol. The number of nitrogens with one attached hydrogen (secondary N) is 1. The maximum Gasteiger partial charge on any atom is 0.410 e. The van der Waals surface area contributed by atoms with Crippen LogP contribution in [-0.4, -0.2) is 35.2 Å². The van der Waals surface area contributed by atoms with E-state index >= 15 is 0 Å². The second kappa shape index (κ2) is 7.47. The van der Waals surface area contributed by atoms with Crippen molar-refractivity contribution in [2.24, 2.45) is 0 Å². The highest BCUT2D eigenvalue weighted by Crippen LogP contribution is 2.24. The van der Waals surface area contributed by atoms with Gasteiger partial charge in [0.15, 0.2) is 0 Å². The van der Waals surface area contributed by atoms with Crippen LogP contribution in [0.15, 0.2) is 16.8 Å². The minimum atomic E-state index is -0.424. The van der Waals surface area contributed by atoms with Crippen molar-refractivity contribution in [2.45, 2.75) is 71.2 Å². The van der Waals surface area contributed by atoms with E-state index in [4.69, 9.17) is 4.74 Å². The van der Waals surface area contributed by atoms with E-state index in [0.717, 1.165) is 32.4 Å². The summed E-state index contributed by atoms with van der Waals surface area (Å²) in [5, 5.41) is 7.82. The Balaban J connectivity index is 1.81. The number of amides is 1. The average Bonchev–Trinajstić information content (AvgIpc) is 3.05. The lowest BCUT2D eigenvalue weighted by atomic mass is 10.1. The Kier molecular flexibility index (Phi) is 5.87. The van der Waals surface area contributed by atoms with E-state index in [1.165, 1.54) is 5.56 Å². The van der Waals surface area contributed by atoms with Gasteiger partial charge in [0, 0.05) is 25.2 Å². The van der Waals surface area contributed by atoms with Gasteiger partial charge < -0.3 is 15.0 Å². The first-order valence-corrected chi connectivity index (χ1v) is 9.03. The van der Waals surface area contributed by atoms with Crippen LogP contribution >= 0.6 is 11.3 Å². The van der Waals surface area contributed by atoms with Gasteiger partial charge in [0.1, 0.15) is 5.60 Å². The first kappa shape index (κ1) is 17.3. The van der Waals surface area contributed by atoms with Gasteiger partial charge >= 0.3 is 6.09 Å². The van der Waals surface area contributed by atoms with Crippen LogP contribution in [0.2, 0.25) is 0 Å². The molecule has 22 heavy (non-hydrogen) atoms. The van der Waals surface area contributed by atoms with Gasteiger partial charge in [-0.2, -0.15) is 11.3 Å². The SMILES string of the molecule is CC(CC1CCCN1C(=O)OC(C)(C)C)NCc1ccsc1. The fourth-order valence-electron chi connectivity index (χ4n) is 2.82. The molecule has 0 bridgehead atoms. The van der Waals surface area contributed by atoms with Crippen LogP contribution in [0.1, 0.15) is 52.5 Å². The summed E-state index contributed by atoms with van der Waals surface area (Å²) >= 11 is 1.72. The van der Waals surface area contributed by atoms with Crippen molar-refractivity contribution in [2.75, 3.05) is 6.54 Å². The van der Waals surface area contributed by atoms with Crippen LogP contribution in [0, 0.1) is 0 Å². The molecule has 1 aliphatic rings. The van der Waals surface area contributed by atoms with Crippen molar-refractivity contribution in [1.29, 1.82) is 0 Å². The summed E-state index contributed by atoms with van der Waals surface area (Å²) in [5.41, 5.74) is 0.903. The normalized spacial score (nSPS) is 20.2. The van der Waals surface area contributed by atoms with Gasteiger partial charge in [-0.3, -0.25) is 0 Å². The van der Waals surface area contributed by atoms with Crippen LogP contribution < -0.4 is 5.32 Å². The Hall–Kier alpha value is -1.07. The summed E-state index contributed by atoms with van der Waals surface area (Å²) in [4.78, 5) is 14.2. The Labute approximate surface area is 137 Å². The van der Waals surface area contributed by atoms with Gasteiger partial charge in [-0.25, -0.2) is 4.79 Å². The summed E-state index contributed by atoms with van der Waals surface area (Å²) in [6, 6.07) is 2.82. The molecule has 2 unspecified atom stereocenters. The van der Waals surface area contributed by atoms with E-state index in [0.29, 0.717) is 12.1 Å². The molecule has 2 atom stereocenters. The molecule has 0 saturated carbocycles. The van der Waals surface area contributed by atoms with Gasteiger partial charge in [0.25, 0.3) is 0 Å². The topological polar surface area (TPSA) is 41.6 Å². The number of hydrogen-bond acceptors (Lipinski definition) is 4. The Morgan fingerprint density at radius 2 is 2.32 bits per heavy atom. The second-order valence-corrected chi connectivity index (χ2v) is 7.90. The molecule has 4 nitrogen and oxygen atoms in total. The molecule has 5 heteroatoms. The number of likely N-dealkylation sites (tertiary alicyclic amines) is 1. The summed E-state index contributed by atoms with van der Waals surface area (Å²) in [7, 11) is 0. The Morgan fingerprint density at radius 1 is 1.55 bits per heavy atom. The van der Waals surface area contributed by atoms with Gasteiger partial charge in [-0.05, 0) is 69.3 Å². The van der Waals surface area contributed by atoms with Crippen molar-refractivity contribution >= 4 is 17.4 Å². The number of ether oxygens (including phenoxy) is 1. The molecule has 1 aromatic heterocycles. The largest absolute Gasteiger partial charge is 0.444 e. The molecular weight excluding hydrogens is 296 g/mol. The van der Waals surface area contributed by atoms with Crippen LogP contribution in [0.4, 0.5) is 4.79 Å². The lowest BCUT2D eigenvalue weighted by molar-refractivity contribution is 0.0214. The van der Waals surface area contributed by atoms with Crippen molar-refractivity contribution in [3.8, 4) is 0 Å². The highest BCUT2D eigenvalue weighted by Gasteiger charge is 2.32. The minimum Gasteiger partial charge on any atom is -0.444 e. The lowest BCUT2D eigenvalue weighted by Crippen LogP contribution is -2.42. The second-order valence-electron chi connectivity index (χ2n) is 7.12. The van der Waals surface area contributed by atoms with Crippen molar-refractivity contribution < 1.29 is 9.53 Å². The standard InChI is InChI=1S/C17H28N2O2S/c1-13(18-11-14-7-9-22-12-14)10-15-6-5-8-19(15)16(20)21-17(2,3)4/h7,9,12-13,15,18H,5-6,8,10-11H2,1-4H3. The number of thiophene rings is 1. The zero-order valence-corrected chi connectivity index (χ0v) is 14.9. The molecule has 1 aromatic rings. The Morgan fingerprint density at radius 3 is 2.95 bits per heavy atom. The molecule has 124 valence electrons. The molecule has 2 rings (SSSR count). The van der Waals surface area contributed by atoms with Crippen molar-refractivity contribution in [1.82, 2.24) is 10.2 Å². The van der Waals surface area contributed by atoms with Crippen molar-refractivity contribution in [3.63, 3.8) is 0 Å². The van der Waals surface area contributed by atoms with Crippen LogP contribution in [0.25, 0.3) is 0 Å². The van der Waals surface area contributed by atoms with E-state index in [2.05, 4.69) is 29.1 Å². The summed E-state index contributed by atoms with van der Waals surface area (Å²) in [6.45, 7) is 9.65. The number of carbonyl (C=O) groups is 1. The molecule has 0 aliphatic carbocycles. The van der Waals surface area contributed by atoms with Gasteiger partial charge in [-0.15, -0.1) is 0 Å². The first-order valence-electron chi connectivity index (χ1n) is 8.09.